The molecule has 1 aliphatic heterocycles. The quantitative estimate of drug-likeness (QED) is 0.508. The second-order valence-electron chi connectivity index (χ2n) is 7.54. The van der Waals surface area contributed by atoms with Crippen LogP contribution in [0.1, 0.15) is 41.6 Å². The molecular formula is C23H22N4O2S. The average Bonchev–Trinajstić information content (AvgIpc) is 3.28. The first-order valence-electron chi connectivity index (χ1n) is 10.0. The lowest BCUT2D eigenvalue weighted by atomic mass is 9.86. The molecule has 3 heterocycles. The number of hydrogen-bond acceptors (Lipinski definition) is 5. The van der Waals surface area contributed by atoms with Crippen molar-refractivity contribution in [1.29, 1.82) is 0 Å². The van der Waals surface area contributed by atoms with Crippen LogP contribution in [-0.2, 0) is 4.79 Å². The fourth-order valence-corrected chi connectivity index (χ4v) is 5.09. The van der Waals surface area contributed by atoms with Crippen molar-refractivity contribution in [3.05, 3.63) is 64.8 Å². The van der Waals surface area contributed by atoms with Gasteiger partial charge in [-0.3, -0.25) is 4.79 Å². The van der Waals surface area contributed by atoms with Gasteiger partial charge in [0, 0.05) is 17.9 Å². The molecule has 5 rings (SSSR count). The molecule has 0 radical (unpaired) electrons. The van der Waals surface area contributed by atoms with Gasteiger partial charge in [-0.2, -0.15) is 9.78 Å². The van der Waals surface area contributed by atoms with Gasteiger partial charge in [-0.25, -0.2) is 4.98 Å². The maximum Gasteiger partial charge on any atom is 0.226 e. The van der Waals surface area contributed by atoms with Gasteiger partial charge in [-0.1, -0.05) is 29.5 Å². The first kappa shape index (κ1) is 18.8. The lowest BCUT2D eigenvalue weighted by Gasteiger charge is -2.24. The number of amides is 1. The van der Waals surface area contributed by atoms with Crippen molar-refractivity contribution in [3.8, 4) is 10.9 Å². The van der Waals surface area contributed by atoms with Crippen molar-refractivity contribution < 1.29 is 9.53 Å². The van der Waals surface area contributed by atoms with E-state index in [1.165, 1.54) is 5.56 Å². The van der Waals surface area contributed by atoms with E-state index >= 15 is 0 Å². The third-order valence-corrected chi connectivity index (χ3v) is 6.38. The molecule has 1 atom stereocenters. The fourth-order valence-electron chi connectivity index (χ4n) is 4.07. The molecule has 2 aromatic carbocycles. The van der Waals surface area contributed by atoms with Crippen LogP contribution in [0, 0.1) is 13.8 Å². The number of anilines is 1. The first-order valence-corrected chi connectivity index (χ1v) is 10.8. The maximum absolute atomic E-state index is 12.6. The number of benzene rings is 2. The molecule has 6 nitrogen and oxygen atoms in total. The highest BCUT2D eigenvalue weighted by atomic mass is 32.1. The minimum Gasteiger partial charge on any atom is -0.494 e. The van der Waals surface area contributed by atoms with Gasteiger partial charge in [0.1, 0.15) is 11.6 Å². The largest absolute Gasteiger partial charge is 0.494 e. The Hall–Kier alpha value is -3.19. The van der Waals surface area contributed by atoms with Crippen LogP contribution in [0.5, 0.6) is 5.75 Å². The summed E-state index contributed by atoms with van der Waals surface area (Å²) < 4.78 is 8.56. The third kappa shape index (κ3) is 3.15. The lowest BCUT2D eigenvalue weighted by molar-refractivity contribution is -0.116. The Balaban J connectivity index is 1.63. The number of thiazole rings is 1. The van der Waals surface area contributed by atoms with Crippen LogP contribution >= 0.6 is 11.3 Å². The zero-order chi connectivity index (χ0) is 20.8. The van der Waals surface area contributed by atoms with E-state index in [4.69, 9.17) is 14.8 Å². The van der Waals surface area contributed by atoms with Gasteiger partial charge < -0.3 is 10.1 Å². The van der Waals surface area contributed by atoms with Gasteiger partial charge in [-0.15, -0.1) is 0 Å². The molecule has 0 saturated heterocycles. The zero-order valence-corrected chi connectivity index (χ0v) is 17.9. The Morgan fingerprint density at radius 2 is 2.10 bits per heavy atom. The lowest BCUT2D eigenvalue weighted by Crippen LogP contribution is -2.25. The van der Waals surface area contributed by atoms with Crippen LogP contribution in [0.2, 0.25) is 0 Å². The second-order valence-corrected chi connectivity index (χ2v) is 8.55. The van der Waals surface area contributed by atoms with Crippen LogP contribution in [0.4, 0.5) is 5.82 Å². The summed E-state index contributed by atoms with van der Waals surface area (Å²) in [5.41, 5.74) is 5.12. The number of nitrogens with one attached hydrogen (secondary N) is 1. The summed E-state index contributed by atoms with van der Waals surface area (Å²) in [6.45, 7) is 6.63. The molecule has 1 N–H and O–H groups in total. The highest BCUT2D eigenvalue weighted by Gasteiger charge is 2.33. The molecule has 7 heteroatoms. The molecule has 0 unspecified atom stereocenters. The normalized spacial score (nSPS) is 15.8. The SMILES string of the molecule is CCOc1cccc([C@H]2CC(=O)Nc3c2c(C)nn3-c2nc3ccc(C)cc3s2)c1. The molecular weight excluding hydrogens is 396 g/mol. The predicted molar refractivity (Wildman–Crippen MR) is 119 cm³/mol. The monoisotopic (exact) mass is 418 g/mol. The summed E-state index contributed by atoms with van der Waals surface area (Å²) in [6.07, 6.45) is 0.383. The highest BCUT2D eigenvalue weighted by molar-refractivity contribution is 7.20. The Morgan fingerprint density at radius 3 is 2.93 bits per heavy atom. The summed E-state index contributed by atoms with van der Waals surface area (Å²) in [7, 11) is 0. The van der Waals surface area contributed by atoms with E-state index in [0.29, 0.717) is 18.8 Å². The van der Waals surface area contributed by atoms with Crippen LogP contribution in [0.15, 0.2) is 42.5 Å². The number of ether oxygens (including phenoxy) is 1. The van der Waals surface area contributed by atoms with Gasteiger partial charge >= 0.3 is 0 Å². The van der Waals surface area contributed by atoms with E-state index < -0.39 is 0 Å². The summed E-state index contributed by atoms with van der Waals surface area (Å²) >= 11 is 1.58. The second kappa shape index (κ2) is 7.25. The molecule has 1 aliphatic rings. The van der Waals surface area contributed by atoms with Crippen LogP contribution in [0.25, 0.3) is 15.3 Å². The predicted octanol–water partition coefficient (Wildman–Crippen LogP) is 4.97. The zero-order valence-electron chi connectivity index (χ0n) is 17.1. The van der Waals surface area contributed by atoms with Crippen LogP contribution in [-0.4, -0.2) is 27.3 Å². The number of aromatic nitrogens is 3. The molecule has 0 aliphatic carbocycles. The van der Waals surface area contributed by atoms with Crippen molar-refractivity contribution in [2.45, 2.75) is 33.1 Å². The van der Waals surface area contributed by atoms with Gasteiger partial charge in [0.2, 0.25) is 11.0 Å². The standard InChI is InChI=1S/C23H22N4O2S/c1-4-29-16-7-5-6-15(11-16)17-12-20(28)25-22-21(17)14(3)26-27(22)23-24-18-9-8-13(2)10-19(18)30-23/h5-11,17H,4,12H2,1-3H3,(H,25,28)/t17-/m1/s1. The summed E-state index contributed by atoms with van der Waals surface area (Å²) in [5.74, 6) is 1.44. The summed E-state index contributed by atoms with van der Waals surface area (Å²) in [5, 5.41) is 8.56. The molecule has 0 bridgehead atoms. The van der Waals surface area contributed by atoms with E-state index in [9.17, 15) is 4.79 Å². The van der Waals surface area contributed by atoms with Crippen LogP contribution in [0.3, 0.4) is 0 Å². The van der Waals surface area contributed by atoms with Gasteiger partial charge in [0.25, 0.3) is 0 Å². The van der Waals surface area contributed by atoms with Crippen LogP contribution < -0.4 is 10.1 Å². The van der Waals surface area contributed by atoms with Crippen molar-refractivity contribution in [1.82, 2.24) is 14.8 Å². The number of rotatable bonds is 4. The highest BCUT2D eigenvalue weighted by Crippen LogP contribution is 2.41. The number of fused-ring (bicyclic) bond motifs is 2. The molecule has 0 saturated carbocycles. The smallest absolute Gasteiger partial charge is 0.226 e. The molecule has 4 aromatic rings. The summed E-state index contributed by atoms with van der Waals surface area (Å²) in [6, 6.07) is 14.2. The van der Waals surface area contributed by atoms with Crippen molar-refractivity contribution in [3.63, 3.8) is 0 Å². The van der Waals surface area contributed by atoms with Crippen molar-refractivity contribution in [2.75, 3.05) is 11.9 Å². The topological polar surface area (TPSA) is 69.0 Å². The molecule has 1 amide bonds. The summed E-state index contributed by atoms with van der Waals surface area (Å²) in [4.78, 5) is 17.4. The third-order valence-electron chi connectivity index (χ3n) is 5.39. The number of carbonyl (C=O) groups excluding carboxylic acids is 1. The van der Waals surface area contributed by atoms with Crippen molar-refractivity contribution in [2.24, 2.45) is 0 Å². The Labute approximate surface area is 178 Å². The minimum atomic E-state index is -0.0699. The van der Waals surface area contributed by atoms with Gasteiger partial charge in [0.05, 0.1) is 22.5 Å². The molecule has 30 heavy (non-hydrogen) atoms. The van der Waals surface area contributed by atoms with E-state index in [2.05, 4.69) is 24.4 Å². The maximum atomic E-state index is 12.6. The first-order chi connectivity index (χ1) is 14.5. The number of aryl methyl sites for hydroxylation is 2. The van der Waals surface area contributed by atoms with E-state index in [0.717, 1.165) is 37.9 Å². The molecule has 2 aromatic heterocycles. The number of hydrogen-bond donors (Lipinski definition) is 1. The number of nitrogens with zero attached hydrogens (tertiary/aromatic N) is 3. The van der Waals surface area contributed by atoms with Gasteiger partial charge in [-0.05, 0) is 56.2 Å². The van der Waals surface area contributed by atoms with E-state index in [1.54, 1.807) is 16.0 Å². The Morgan fingerprint density at radius 1 is 1.23 bits per heavy atom. The Bertz CT molecular complexity index is 1270. The van der Waals surface area contributed by atoms with E-state index in [-0.39, 0.29) is 11.8 Å². The van der Waals surface area contributed by atoms with E-state index in [1.807, 2.05) is 44.2 Å². The fraction of sp³-hybridized carbons (Fsp3) is 0.261. The molecule has 0 fully saturated rings. The molecule has 152 valence electrons. The molecule has 0 spiro atoms. The minimum absolute atomic E-state index is 0.0209. The number of carbonyl (C=O) groups is 1. The average molecular weight is 419 g/mol. The van der Waals surface area contributed by atoms with Crippen molar-refractivity contribution >= 4 is 33.3 Å². The Kier molecular flexibility index (Phi) is 4.55. The van der Waals surface area contributed by atoms with Gasteiger partial charge in [0.15, 0.2) is 0 Å².